The second-order valence-electron chi connectivity index (χ2n) is 4.37. The average molecular weight is 273 g/mol. The van der Waals surface area contributed by atoms with Crippen LogP contribution in [-0.2, 0) is 0 Å². The second kappa shape index (κ2) is 5.85. The molecule has 0 radical (unpaired) electrons. The maximum atomic E-state index is 11.8. The van der Waals surface area contributed by atoms with Crippen molar-refractivity contribution in [3.63, 3.8) is 0 Å². The molecule has 1 aromatic rings. The summed E-state index contributed by atoms with van der Waals surface area (Å²) in [6.07, 6.45) is 2.56. The van der Waals surface area contributed by atoms with Gasteiger partial charge in [0.25, 0.3) is 5.91 Å². The quantitative estimate of drug-likeness (QED) is 0.914. The second-order valence-corrected chi connectivity index (χ2v) is 5.62. The van der Waals surface area contributed by atoms with Crippen LogP contribution in [0.4, 0.5) is 0 Å². The van der Waals surface area contributed by atoms with Crippen molar-refractivity contribution in [1.29, 1.82) is 0 Å². The third-order valence-corrected chi connectivity index (χ3v) is 4.71. The number of hydrogen-bond acceptors (Lipinski definition) is 3. The molecule has 0 unspecified atom stereocenters. The largest absolute Gasteiger partial charge is 0.350 e. The number of likely N-dealkylation sites (tertiary alicyclic amines) is 1. The molecule has 0 atom stereocenters. The highest BCUT2D eigenvalue weighted by molar-refractivity contribution is 7.13. The van der Waals surface area contributed by atoms with E-state index in [1.54, 1.807) is 0 Å². The molecule has 0 spiro atoms. The van der Waals surface area contributed by atoms with Crippen molar-refractivity contribution >= 4 is 28.8 Å². The Kier molecular flexibility index (Phi) is 4.42. The summed E-state index contributed by atoms with van der Waals surface area (Å²) in [5.74, 6) is -0.0488. The first kappa shape index (κ1) is 12.9. The number of thiophene rings is 1. The van der Waals surface area contributed by atoms with Gasteiger partial charge in [-0.2, -0.15) is 0 Å². The molecule has 2 rings (SSSR count). The molecule has 0 aromatic carbocycles. The van der Waals surface area contributed by atoms with E-state index >= 15 is 0 Å². The van der Waals surface area contributed by atoms with E-state index in [1.165, 1.54) is 24.2 Å². The maximum absolute atomic E-state index is 11.8. The van der Waals surface area contributed by atoms with Crippen LogP contribution in [0.5, 0.6) is 0 Å². The Morgan fingerprint density at radius 2 is 2.24 bits per heavy atom. The molecule has 2 heterocycles. The molecule has 1 N–H and O–H groups in total. The zero-order chi connectivity index (χ0) is 12.3. The summed E-state index contributed by atoms with van der Waals surface area (Å²) in [6, 6.07) is 0. The lowest BCUT2D eigenvalue weighted by Gasteiger charge is -2.14. The van der Waals surface area contributed by atoms with Crippen LogP contribution in [-0.4, -0.2) is 37.0 Å². The highest BCUT2D eigenvalue weighted by Gasteiger charge is 2.15. The molecule has 0 bridgehead atoms. The number of amides is 1. The smallest absolute Gasteiger partial charge is 0.262 e. The Balaban J connectivity index is 1.79. The Bertz CT molecular complexity index is 399. The first-order valence-corrected chi connectivity index (χ1v) is 7.18. The summed E-state index contributed by atoms with van der Waals surface area (Å²) in [5.41, 5.74) is 0.973. The summed E-state index contributed by atoms with van der Waals surface area (Å²) >= 11 is 7.46. The van der Waals surface area contributed by atoms with Gasteiger partial charge in [0.15, 0.2) is 0 Å². The van der Waals surface area contributed by atoms with E-state index < -0.39 is 0 Å². The number of halogens is 1. The summed E-state index contributed by atoms with van der Waals surface area (Å²) < 4.78 is 0. The normalized spacial score (nSPS) is 16.4. The molecule has 1 aliphatic rings. The van der Waals surface area contributed by atoms with Gasteiger partial charge >= 0.3 is 0 Å². The lowest BCUT2D eigenvalue weighted by atomic mass is 10.3. The molecular formula is C12H17ClN2OS. The lowest BCUT2D eigenvalue weighted by molar-refractivity contribution is 0.0954. The highest BCUT2D eigenvalue weighted by atomic mass is 35.5. The van der Waals surface area contributed by atoms with E-state index in [0.717, 1.165) is 25.2 Å². The molecule has 3 nitrogen and oxygen atoms in total. The molecule has 1 saturated heterocycles. The van der Waals surface area contributed by atoms with Crippen molar-refractivity contribution in [3.8, 4) is 0 Å². The van der Waals surface area contributed by atoms with Crippen molar-refractivity contribution in [3.05, 3.63) is 20.8 Å². The minimum absolute atomic E-state index is 0.0488. The molecule has 1 fully saturated rings. The van der Waals surface area contributed by atoms with E-state index in [2.05, 4.69) is 10.2 Å². The van der Waals surface area contributed by atoms with Crippen LogP contribution < -0.4 is 5.32 Å². The first-order valence-electron chi connectivity index (χ1n) is 5.92. The zero-order valence-corrected chi connectivity index (χ0v) is 11.5. The van der Waals surface area contributed by atoms with Gasteiger partial charge in [0.1, 0.15) is 4.88 Å². The van der Waals surface area contributed by atoms with Crippen LogP contribution in [0.2, 0.25) is 5.02 Å². The molecule has 0 aliphatic carbocycles. The number of aryl methyl sites for hydroxylation is 1. The number of nitrogens with zero attached hydrogens (tertiary/aromatic N) is 1. The van der Waals surface area contributed by atoms with Gasteiger partial charge in [-0.3, -0.25) is 4.79 Å². The molecule has 17 heavy (non-hydrogen) atoms. The minimum atomic E-state index is -0.0488. The molecule has 5 heteroatoms. The maximum Gasteiger partial charge on any atom is 0.262 e. The van der Waals surface area contributed by atoms with Gasteiger partial charge in [0.2, 0.25) is 0 Å². The standard InChI is InChI=1S/C12H17ClN2OS/c1-9-8-17-11(10(9)13)12(16)14-4-7-15-5-2-3-6-15/h8H,2-7H2,1H3,(H,14,16). The van der Waals surface area contributed by atoms with Crippen molar-refractivity contribution in [2.75, 3.05) is 26.2 Å². The van der Waals surface area contributed by atoms with Crippen LogP contribution in [0.1, 0.15) is 28.1 Å². The van der Waals surface area contributed by atoms with Crippen molar-refractivity contribution in [1.82, 2.24) is 10.2 Å². The highest BCUT2D eigenvalue weighted by Crippen LogP contribution is 2.26. The average Bonchev–Trinajstić information content (AvgIpc) is 2.91. The van der Waals surface area contributed by atoms with Gasteiger partial charge in [-0.25, -0.2) is 0 Å². The van der Waals surface area contributed by atoms with Crippen molar-refractivity contribution in [2.45, 2.75) is 19.8 Å². The Labute approximate surface area is 111 Å². The lowest BCUT2D eigenvalue weighted by Crippen LogP contribution is -2.33. The van der Waals surface area contributed by atoms with Gasteiger partial charge < -0.3 is 10.2 Å². The molecule has 1 aromatic heterocycles. The summed E-state index contributed by atoms with van der Waals surface area (Å²) in [6.45, 7) is 5.88. The predicted molar refractivity (Wildman–Crippen MR) is 72.1 cm³/mol. The fourth-order valence-corrected chi connectivity index (χ4v) is 3.19. The number of hydrogen-bond donors (Lipinski definition) is 1. The summed E-state index contributed by atoms with van der Waals surface area (Å²) in [7, 11) is 0. The van der Waals surface area contributed by atoms with E-state index in [9.17, 15) is 4.79 Å². The number of nitrogens with one attached hydrogen (secondary N) is 1. The molecule has 1 amide bonds. The van der Waals surface area contributed by atoms with E-state index in [1.807, 2.05) is 12.3 Å². The van der Waals surface area contributed by atoms with E-state index in [4.69, 9.17) is 11.6 Å². The van der Waals surface area contributed by atoms with Crippen LogP contribution in [0.3, 0.4) is 0 Å². The fraction of sp³-hybridized carbons (Fsp3) is 0.583. The van der Waals surface area contributed by atoms with Crippen LogP contribution >= 0.6 is 22.9 Å². The van der Waals surface area contributed by atoms with Crippen LogP contribution in [0.25, 0.3) is 0 Å². The summed E-state index contributed by atoms with van der Waals surface area (Å²) in [4.78, 5) is 14.9. The minimum Gasteiger partial charge on any atom is -0.350 e. The third kappa shape index (κ3) is 3.21. The Morgan fingerprint density at radius 3 is 2.82 bits per heavy atom. The zero-order valence-electron chi connectivity index (χ0n) is 9.96. The fourth-order valence-electron chi connectivity index (χ4n) is 2.00. The Hall–Kier alpha value is -0.580. The molecular weight excluding hydrogens is 256 g/mol. The molecule has 0 saturated carbocycles. The van der Waals surface area contributed by atoms with Gasteiger partial charge in [-0.05, 0) is 43.8 Å². The SMILES string of the molecule is Cc1csc(C(=O)NCCN2CCCC2)c1Cl. The number of carbonyl (C=O) groups excluding carboxylic acids is 1. The summed E-state index contributed by atoms with van der Waals surface area (Å²) in [5, 5.41) is 5.43. The van der Waals surface area contributed by atoms with E-state index in [-0.39, 0.29) is 5.91 Å². The molecule has 94 valence electrons. The van der Waals surface area contributed by atoms with Crippen molar-refractivity contribution < 1.29 is 4.79 Å². The monoisotopic (exact) mass is 272 g/mol. The van der Waals surface area contributed by atoms with Crippen molar-refractivity contribution in [2.24, 2.45) is 0 Å². The predicted octanol–water partition coefficient (Wildman–Crippen LogP) is 2.54. The molecule has 1 aliphatic heterocycles. The number of rotatable bonds is 4. The van der Waals surface area contributed by atoms with Crippen LogP contribution in [0.15, 0.2) is 5.38 Å². The van der Waals surface area contributed by atoms with Crippen LogP contribution in [0, 0.1) is 6.92 Å². The Morgan fingerprint density at radius 1 is 1.53 bits per heavy atom. The third-order valence-electron chi connectivity index (χ3n) is 3.02. The number of carbonyl (C=O) groups is 1. The first-order chi connectivity index (χ1) is 8.18. The van der Waals surface area contributed by atoms with Gasteiger partial charge in [0.05, 0.1) is 5.02 Å². The van der Waals surface area contributed by atoms with Gasteiger partial charge in [-0.1, -0.05) is 11.6 Å². The van der Waals surface area contributed by atoms with Gasteiger partial charge in [-0.15, -0.1) is 11.3 Å². The topological polar surface area (TPSA) is 32.3 Å². The van der Waals surface area contributed by atoms with E-state index in [0.29, 0.717) is 16.4 Å². The van der Waals surface area contributed by atoms with Gasteiger partial charge in [0, 0.05) is 13.1 Å².